The number of carbonyl (C=O) groups is 1. The summed E-state index contributed by atoms with van der Waals surface area (Å²) in [6.07, 6.45) is 3.14. The van der Waals surface area contributed by atoms with Crippen molar-refractivity contribution in [2.75, 3.05) is 6.54 Å². The number of hydrogen-bond donors (Lipinski definition) is 2. The molecule has 1 fully saturated rings. The zero-order chi connectivity index (χ0) is 14.8. The summed E-state index contributed by atoms with van der Waals surface area (Å²) >= 11 is 0. The van der Waals surface area contributed by atoms with Crippen LogP contribution >= 0.6 is 0 Å². The number of amides is 1. The molecule has 1 heterocycles. The van der Waals surface area contributed by atoms with E-state index in [1.807, 2.05) is 37.3 Å². The summed E-state index contributed by atoms with van der Waals surface area (Å²) in [5.74, 6) is 0.555. The van der Waals surface area contributed by atoms with Gasteiger partial charge in [-0.2, -0.15) is 0 Å². The molecule has 1 amide bonds. The number of hydrogen-bond acceptors (Lipinski definition) is 3. The highest BCUT2D eigenvalue weighted by Gasteiger charge is 2.25. The van der Waals surface area contributed by atoms with Crippen LogP contribution in [-0.4, -0.2) is 23.5 Å². The van der Waals surface area contributed by atoms with Gasteiger partial charge in [0.2, 0.25) is 0 Å². The van der Waals surface area contributed by atoms with Crippen molar-refractivity contribution in [3.8, 4) is 0 Å². The number of benzene rings is 1. The highest BCUT2D eigenvalue weighted by molar-refractivity contribution is 5.98. The highest BCUT2D eigenvalue weighted by atomic mass is 16.1. The van der Waals surface area contributed by atoms with Crippen LogP contribution in [0.25, 0.3) is 10.9 Å². The maximum absolute atomic E-state index is 12.3. The molecule has 2 atom stereocenters. The van der Waals surface area contributed by atoms with E-state index < -0.39 is 0 Å². The summed E-state index contributed by atoms with van der Waals surface area (Å²) in [6, 6.07) is 9.90. The second-order valence-corrected chi connectivity index (χ2v) is 5.95. The van der Waals surface area contributed by atoms with Crippen LogP contribution in [0.3, 0.4) is 0 Å². The summed E-state index contributed by atoms with van der Waals surface area (Å²) in [4.78, 5) is 16.8. The SMILES string of the molecule is Cc1ccc2cc(C(=O)NC3CCC(CN)C3)ccc2n1. The first-order valence-corrected chi connectivity index (χ1v) is 7.54. The van der Waals surface area contributed by atoms with Gasteiger partial charge in [0.15, 0.2) is 0 Å². The minimum Gasteiger partial charge on any atom is -0.349 e. The Bertz CT molecular complexity index is 668. The Kier molecular flexibility index (Phi) is 3.88. The molecule has 0 saturated heterocycles. The lowest BCUT2D eigenvalue weighted by atomic mass is 10.1. The lowest BCUT2D eigenvalue weighted by Crippen LogP contribution is -2.33. The van der Waals surface area contributed by atoms with Gasteiger partial charge >= 0.3 is 0 Å². The van der Waals surface area contributed by atoms with Gasteiger partial charge in [-0.05, 0) is 62.9 Å². The van der Waals surface area contributed by atoms with E-state index in [4.69, 9.17) is 5.73 Å². The van der Waals surface area contributed by atoms with Gasteiger partial charge in [0.25, 0.3) is 5.91 Å². The van der Waals surface area contributed by atoms with E-state index >= 15 is 0 Å². The molecule has 4 nitrogen and oxygen atoms in total. The Balaban J connectivity index is 1.74. The zero-order valence-electron chi connectivity index (χ0n) is 12.3. The number of rotatable bonds is 3. The molecule has 0 spiro atoms. The molecule has 110 valence electrons. The molecule has 3 rings (SSSR count). The molecule has 2 aromatic rings. The topological polar surface area (TPSA) is 68.0 Å². The van der Waals surface area contributed by atoms with E-state index in [1.54, 1.807) is 0 Å². The monoisotopic (exact) mass is 283 g/mol. The number of fused-ring (bicyclic) bond motifs is 1. The first kappa shape index (κ1) is 14.0. The largest absolute Gasteiger partial charge is 0.349 e. The fourth-order valence-electron chi connectivity index (χ4n) is 3.06. The molecular weight excluding hydrogens is 262 g/mol. The van der Waals surface area contributed by atoms with E-state index in [1.165, 1.54) is 0 Å². The summed E-state index contributed by atoms with van der Waals surface area (Å²) < 4.78 is 0. The van der Waals surface area contributed by atoms with Gasteiger partial charge in [0.1, 0.15) is 0 Å². The first-order chi connectivity index (χ1) is 10.2. The van der Waals surface area contributed by atoms with E-state index in [-0.39, 0.29) is 11.9 Å². The lowest BCUT2D eigenvalue weighted by Gasteiger charge is -2.13. The van der Waals surface area contributed by atoms with Crippen molar-refractivity contribution in [2.45, 2.75) is 32.2 Å². The van der Waals surface area contributed by atoms with Crippen molar-refractivity contribution in [1.82, 2.24) is 10.3 Å². The molecule has 4 heteroatoms. The summed E-state index contributed by atoms with van der Waals surface area (Å²) in [5.41, 5.74) is 8.30. The van der Waals surface area contributed by atoms with Crippen molar-refractivity contribution < 1.29 is 4.79 Å². The Morgan fingerprint density at radius 2 is 2.19 bits per heavy atom. The number of nitrogens with two attached hydrogens (primary N) is 1. The predicted molar refractivity (Wildman–Crippen MR) is 84.1 cm³/mol. The van der Waals surface area contributed by atoms with Crippen LogP contribution in [0.5, 0.6) is 0 Å². The van der Waals surface area contributed by atoms with Crippen LogP contribution in [0, 0.1) is 12.8 Å². The fraction of sp³-hybridized carbons (Fsp3) is 0.412. The maximum atomic E-state index is 12.3. The molecule has 0 aliphatic heterocycles. The first-order valence-electron chi connectivity index (χ1n) is 7.54. The third-order valence-corrected chi connectivity index (χ3v) is 4.30. The molecule has 0 radical (unpaired) electrons. The molecule has 1 aliphatic rings. The number of carbonyl (C=O) groups excluding carboxylic acids is 1. The van der Waals surface area contributed by atoms with Gasteiger partial charge in [-0.15, -0.1) is 0 Å². The number of nitrogens with zero attached hydrogens (tertiary/aromatic N) is 1. The normalized spacial score (nSPS) is 21.6. The van der Waals surface area contributed by atoms with Crippen molar-refractivity contribution in [1.29, 1.82) is 0 Å². The smallest absolute Gasteiger partial charge is 0.251 e. The molecule has 1 saturated carbocycles. The third kappa shape index (κ3) is 3.05. The number of pyridine rings is 1. The highest BCUT2D eigenvalue weighted by Crippen LogP contribution is 2.25. The molecule has 0 bridgehead atoms. The van der Waals surface area contributed by atoms with Crippen molar-refractivity contribution in [3.63, 3.8) is 0 Å². The number of nitrogens with one attached hydrogen (secondary N) is 1. The van der Waals surface area contributed by atoms with Crippen LogP contribution in [0.15, 0.2) is 30.3 Å². The molecule has 3 N–H and O–H groups in total. The Hall–Kier alpha value is -1.94. The standard InChI is InChI=1S/C17H21N3O/c1-11-2-4-13-9-14(5-7-16(13)19-11)17(21)20-15-6-3-12(8-15)10-18/h2,4-5,7,9,12,15H,3,6,8,10,18H2,1H3,(H,20,21). The quantitative estimate of drug-likeness (QED) is 0.909. The van der Waals surface area contributed by atoms with Crippen LogP contribution in [0.2, 0.25) is 0 Å². The van der Waals surface area contributed by atoms with E-state index in [0.29, 0.717) is 18.0 Å². The number of aromatic nitrogens is 1. The van der Waals surface area contributed by atoms with Crippen molar-refractivity contribution in [3.05, 3.63) is 41.6 Å². The van der Waals surface area contributed by atoms with E-state index in [0.717, 1.165) is 35.9 Å². The van der Waals surface area contributed by atoms with Crippen LogP contribution < -0.4 is 11.1 Å². The predicted octanol–water partition coefficient (Wildman–Crippen LogP) is 2.40. The van der Waals surface area contributed by atoms with Gasteiger partial charge < -0.3 is 11.1 Å². The van der Waals surface area contributed by atoms with Gasteiger partial charge in [0.05, 0.1) is 5.52 Å². The fourth-order valence-corrected chi connectivity index (χ4v) is 3.06. The Morgan fingerprint density at radius 3 is 2.95 bits per heavy atom. The molecule has 1 aromatic carbocycles. The van der Waals surface area contributed by atoms with Gasteiger partial charge in [-0.3, -0.25) is 9.78 Å². The van der Waals surface area contributed by atoms with E-state index in [9.17, 15) is 4.79 Å². The van der Waals surface area contributed by atoms with Crippen LogP contribution in [-0.2, 0) is 0 Å². The second kappa shape index (κ2) is 5.82. The van der Waals surface area contributed by atoms with Crippen LogP contribution in [0.4, 0.5) is 0 Å². The van der Waals surface area contributed by atoms with Crippen LogP contribution in [0.1, 0.15) is 35.3 Å². The van der Waals surface area contributed by atoms with Gasteiger partial charge in [-0.1, -0.05) is 6.07 Å². The average Bonchev–Trinajstić information content (AvgIpc) is 2.94. The molecule has 1 aromatic heterocycles. The zero-order valence-corrected chi connectivity index (χ0v) is 12.3. The van der Waals surface area contributed by atoms with E-state index in [2.05, 4.69) is 10.3 Å². The molecule has 2 unspecified atom stereocenters. The maximum Gasteiger partial charge on any atom is 0.251 e. The van der Waals surface area contributed by atoms with Gasteiger partial charge in [0, 0.05) is 22.7 Å². The lowest BCUT2D eigenvalue weighted by molar-refractivity contribution is 0.0937. The number of aryl methyl sites for hydroxylation is 1. The Labute approximate surface area is 124 Å². The molecule has 1 aliphatic carbocycles. The Morgan fingerprint density at radius 1 is 1.33 bits per heavy atom. The summed E-state index contributed by atoms with van der Waals surface area (Å²) in [7, 11) is 0. The second-order valence-electron chi connectivity index (χ2n) is 5.95. The summed E-state index contributed by atoms with van der Waals surface area (Å²) in [6.45, 7) is 2.68. The third-order valence-electron chi connectivity index (χ3n) is 4.30. The minimum atomic E-state index is 0.000136. The van der Waals surface area contributed by atoms with Gasteiger partial charge in [-0.25, -0.2) is 0 Å². The van der Waals surface area contributed by atoms with Crippen molar-refractivity contribution in [2.24, 2.45) is 11.7 Å². The molecule has 21 heavy (non-hydrogen) atoms. The van der Waals surface area contributed by atoms with Crippen molar-refractivity contribution >= 4 is 16.8 Å². The minimum absolute atomic E-state index is 0.000136. The summed E-state index contributed by atoms with van der Waals surface area (Å²) in [5, 5.41) is 4.12. The molecular formula is C17H21N3O. The average molecular weight is 283 g/mol.